The van der Waals surface area contributed by atoms with Crippen LogP contribution < -0.4 is 16.2 Å². The zero-order chi connectivity index (χ0) is 12.7. The topological polar surface area (TPSA) is 76.0 Å². The predicted molar refractivity (Wildman–Crippen MR) is 66.0 cm³/mol. The third-order valence-electron chi connectivity index (χ3n) is 2.17. The minimum Gasteiger partial charge on any atom is -0.356 e. The summed E-state index contributed by atoms with van der Waals surface area (Å²) in [6.45, 7) is 5.12. The van der Waals surface area contributed by atoms with Crippen LogP contribution in [-0.2, 0) is 11.3 Å². The number of carbonyl (C=O) groups excluding carboxylic acids is 1. The highest BCUT2D eigenvalue weighted by atomic mass is 16.2. The summed E-state index contributed by atoms with van der Waals surface area (Å²) in [7, 11) is 0. The maximum atomic E-state index is 11.8. The molecule has 6 heteroatoms. The average Bonchev–Trinajstić information content (AvgIpc) is 2.31. The summed E-state index contributed by atoms with van der Waals surface area (Å²) >= 11 is 0. The van der Waals surface area contributed by atoms with Crippen molar-refractivity contribution in [3.63, 3.8) is 0 Å². The zero-order valence-corrected chi connectivity index (χ0v) is 10.2. The molecule has 1 aromatic rings. The molecule has 0 spiro atoms. The normalized spacial score (nSPS) is 10.0. The first-order valence-electron chi connectivity index (χ1n) is 5.75. The van der Waals surface area contributed by atoms with Crippen LogP contribution in [0.3, 0.4) is 0 Å². The Morgan fingerprint density at radius 1 is 1.47 bits per heavy atom. The van der Waals surface area contributed by atoms with Gasteiger partial charge in [-0.3, -0.25) is 9.59 Å². The maximum absolute atomic E-state index is 11.8. The van der Waals surface area contributed by atoms with Crippen LogP contribution >= 0.6 is 0 Å². The molecule has 0 radical (unpaired) electrons. The fraction of sp³-hybridized carbons (Fsp3) is 0.545. The van der Waals surface area contributed by atoms with Crippen LogP contribution in [0.5, 0.6) is 0 Å². The van der Waals surface area contributed by atoms with E-state index >= 15 is 0 Å². The third-order valence-corrected chi connectivity index (χ3v) is 2.17. The Morgan fingerprint density at radius 3 is 2.88 bits per heavy atom. The van der Waals surface area contributed by atoms with E-state index < -0.39 is 0 Å². The molecule has 0 bridgehead atoms. The van der Waals surface area contributed by atoms with Gasteiger partial charge in [-0.2, -0.15) is 0 Å². The molecule has 0 atom stereocenters. The molecule has 1 aromatic heterocycles. The van der Waals surface area contributed by atoms with E-state index in [1.54, 1.807) is 17.0 Å². The van der Waals surface area contributed by atoms with Gasteiger partial charge >= 0.3 is 0 Å². The molecule has 0 aliphatic heterocycles. The molecule has 1 rings (SSSR count). The van der Waals surface area contributed by atoms with Crippen molar-refractivity contribution in [3.8, 4) is 0 Å². The van der Waals surface area contributed by atoms with Gasteiger partial charge in [0.25, 0.3) is 5.56 Å². The molecule has 94 valence electrons. The van der Waals surface area contributed by atoms with Crippen molar-refractivity contribution in [2.45, 2.75) is 26.8 Å². The SMILES string of the molecule is CCCn1ccnc(NCC(=O)NCC)c1=O. The lowest BCUT2D eigenvalue weighted by atomic mass is 10.4. The molecule has 2 N–H and O–H groups in total. The van der Waals surface area contributed by atoms with Gasteiger partial charge in [0.1, 0.15) is 0 Å². The number of rotatable bonds is 6. The molecule has 0 aliphatic rings. The summed E-state index contributed by atoms with van der Waals surface area (Å²) < 4.78 is 1.58. The first kappa shape index (κ1) is 13.2. The van der Waals surface area contributed by atoms with Crippen molar-refractivity contribution in [3.05, 3.63) is 22.7 Å². The second kappa shape index (κ2) is 6.67. The molecule has 0 fully saturated rings. The lowest BCUT2D eigenvalue weighted by Crippen LogP contribution is -2.32. The van der Waals surface area contributed by atoms with E-state index in [0.717, 1.165) is 6.42 Å². The lowest BCUT2D eigenvalue weighted by Gasteiger charge is -2.07. The minimum atomic E-state index is -0.196. The molecular weight excluding hydrogens is 220 g/mol. The Balaban J connectivity index is 2.68. The van der Waals surface area contributed by atoms with Gasteiger partial charge in [0.05, 0.1) is 6.54 Å². The Bertz CT molecular complexity index is 428. The van der Waals surface area contributed by atoms with Crippen molar-refractivity contribution in [1.82, 2.24) is 14.9 Å². The summed E-state index contributed by atoms with van der Waals surface area (Å²) in [5, 5.41) is 5.38. The van der Waals surface area contributed by atoms with Crippen molar-refractivity contribution >= 4 is 11.7 Å². The van der Waals surface area contributed by atoms with Crippen molar-refractivity contribution in [2.24, 2.45) is 0 Å². The first-order valence-corrected chi connectivity index (χ1v) is 5.75. The van der Waals surface area contributed by atoms with Gasteiger partial charge in [0.2, 0.25) is 5.91 Å². The quantitative estimate of drug-likeness (QED) is 0.742. The number of amides is 1. The number of aromatic nitrogens is 2. The number of hydrogen-bond acceptors (Lipinski definition) is 4. The molecule has 17 heavy (non-hydrogen) atoms. The summed E-state index contributed by atoms with van der Waals surface area (Å²) in [4.78, 5) is 27.0. The third kappa shape index (κ3) is 3.90. The standard InChI is InChI=1S/C11H18N4O2/c1-3-6-15-7-5-13-10(11(15)17)14-8-9(16)12-4-2/h5,7H,3-4,6,8H2,1-2H3,(H,12,16)(H,13,14). The second-order valence-corrected chi connectivity index (χ2v) is 3.58. The Kier molecular flexibility index (Phi) is 5.19. The van der Waals surface area contributed by atoms with E-state index in [4.69, 9.17) is 0 Å². The van der Waals surface area contributed by atoms with E-state index in [1.807, 2.05) is 13.8 Å². The summed E-state index contributed by atoms with van der Waals surface area (Å²) in [6, 6.07) is 0. The highest BCUT2D eigenvalue weighted by Gasteiger charge is 2.05. The highest BCUT2D eigenvalue weighted by molar-refractivity contribution is 5.80. The van der Waals surface area contributed by atoms with Crippen LogP contribution in [0.15, 0.2) is 17.2 Å². The van der Waals surface area contributed by atoms with E-state index in [9.17, 15) is 9.59 Å². The first-order chi connectivity index (χ1) is 8.19. The molecule has 0 aliphatic carbocycles. The molecular formula is C11H18N4O2. The molecule has 1 heterocycles. The van der Waals surface area contributed by atoms with Gasteiger partial charge in [0.15, 0.2) is 5.82 Å². The van der Waals surface area contributed by atoms with Gasteiger partial charge in [-0.05, 0) is 13.3 Å². The van der Waals surface area contributed by atoms with E-state index in [1.165, 1.54) is 0 Å². The van der Waals surface area contributed by atoms with Gasteiger partial charge in [-0.15, -0.1) is 0 Å². The van der Waals surface area contributed by atoms with E-state index in [-0.39, 0.29) is 23.8 Å². The molecule has 6 nitrogen and oxygen atoms in total. The monoisotopic (exact) mass is 238 g/mol. The number of carbonyl (C=O) groups is 1. The van der Waals surface area contributed by atoms with E-state index in [0.29, 0.717) is 13.1 Å². The predicted octanol–water partition coefficient (Wildman–Crippen LogP) is 0.201. The lowest BCUT2D eigenvalue weighted by molar-refractivity contribution is -0.119. The zero-order valence-electron chi connectivity index (χ0n) is 10.2. The number of anilines is 1. The molecule has 0 unspecified atom stereocenters. The number of hydrogen-bond donors (Lipinski definition) is 2. The number of likely N-dealkylation sites (N-methyl/N-ethyl adjacent to an activating group) is 1. The summed E-state index contributed by atoms with van der Waals surface area (Å²) in [5.74, 6) is 0.0618. The van der Waals surface area contributed by atoms with Crippen LogP contribution in [0.25, 0.3) is 0 Å². The molecule has 1 amide bonds. The van der Waals surface area contributed by atoms with Crippen LogP contribution in [0.2, 0.25) is 0 Å². The molecule has 0 aromatic carbocycles. The Labute approximate surface area is 100 Å². The Hall–Kier alpha value is -1.85. The Morgan fingerprint density at radius 2 is 2.24 bits per heavy atom. The van der Waals surface area contributed by atoms with Gasteiger partial charge < -0.3 is 15.2 Å². The largest absolute Gasteiger partial charge is 0.356 e. The number of nitrogens with one attached hydrogen (secondary N) is 2. The number of nitrogens with zero attached hydrogens (tertiary/aromatic N) is 2. The van der Waals surface area contributed by atoms with Crippen molar-refractivity contribution in [1.29, 1.82) is 0 Å². The van der Waals surface area contributed by atoms with E-state index in [2.05, 4.69) is 15.6 Å². The fourth-order valence-corrected chi connectivity index (χ4v) is 1.41. The maximum Gasteiger partial charge on any atom is 0.293 e. The highest BCUT2D eigenvalue weighted by Crippen LogP contribution is 1.93. The van der Waals surface area contributed by atoms with Crippen LogP contribution in [0, 0.1) is 0 Å². The van der Waals surface area contributed by atoms with Crippen molar-refractivity contribution in [2.75, 3.05) is 18.4 Å². The van der Waals surface area contributed by atoms with Gasteiger partial charge in [0, 0.05) is 25.5 Å². The van der Waals surface area contributed by atoms with Gasteiger partial charge in [-0.25, -0.2) is 4.98 Å². The molecule has 0 saturated carbocycles. The smallest absolute Gasteiger partial charge is 0.293 e. The second-order valence-electron chi connectivity index (χ2n) is 3.58. The molecule has 0 saturated heterocycles. The van der Waals surface area contributed by atoms with Crippen LogP contribution in [0.1, 0.15) is 20.3 Å². The van der Waals surface area contributed by atoms with Gasteiger partial charge in [-0.1, -0.05) is 6.92 Å². The average molecular weight is 238 g/mol. The summed E-state index contributed by atoms with van der Waals surface area (Å²) in [5.41, 5.74) is -0.196. The van der Waals surface area contributed by atoms with Crippen molar-refractivity contribution < 1.29 is 4.79 Å². The fourth-order valence-electron chi connectivity index (χ4n) is 1.41. The minimum absolute atomic E-state index is 0.0617. The van der Waals surface area contributed by atoms with Crippen LogP contribution in [-0.4, -0.2) is 28.5 Å². The summed E-state index contributed by atoms with van der Waals surface area (Å²) in [6.07, 6.45) is 4.07. The van der Waals surface area contributed by atoms with Crippen LogP contribution in [0.4, 0.5) is 5.82 Å². The number of aryl methyl sites for hydroxylation is 1.